The maximum Gasteiger partial charge on any atom is 0.396 e. The summed E-state index contributed by atoms with van der Waals surface area (Å²) in [6.07, 6.45) is 11.7. The van der Waals surface area contributed by atoms with Gasteiger partial charge in [-0.05, 0) is 179 Å². The predicted octanol–water partition coefficient (Wildman–Crippen LogP) is 14.0. The van der Waals surface area contributed by atoms with E-state index in [9.17, 15) is 62.8 Å². The lowest BCUT2D eigenvalue weighted by molar-refractivity contribution is -0.209. The molecule has 10 aliphatic rings. The first-order valence-corrected chi connectivity index (χ1v) is 32.6. The number of alkyl halides is 8. The quantitative estimate of drug-likeness (QED) is 0.0908. The Kier molecular flexibility index (Phi) is 19.0. The highest BCUT2D eigenvalue weighted by atomic mass is 32.2. The van der Waals surface area contributed by atoms with E-state index >= 15 is 0 Å². The molecule has 19 heteroatoms. The van der Waals surface area contributed by atoms with Crippen molar-refractivity contribution in [3.8, 4) is 0 Å². The van der Waals surface area contributed by atoms with E-state index in [2.05, 4.69) is 90.1 Å². The Labute approximate surface area is 463 Å². The van der Waals surface area contributed by atoms with Crippen LogP contribution in [-0.4, -0.2) is 94.9 Å². The molecule has 2 unspecified atom stereocenters. The molecule has 2 aromatic rings. The van der Waals surface area contributed by atoms with E-state index in [1.54, 1.807) is 9.79 Å². The molecule has 0 amide bonds. The zero-order valence-electron chi connectivity index (χ0n) is 46.5. The van der Waals surface area contributed by atoms with Gasteiger partial charge in [-0.1, -0.05) is 65.8 Å². The number of carbonyl (C=O) groups excluding carboxylic acids is 2. The number of aliphatic hydroxyl groups is 1. The van der Waals surface area contributed by atoms with Crippen LogP contribution >= 0.6 is 0 Å². The molecule has 12 rings (SSSR count). The minimum absolute atomic E-state index is 0.130. The van der Waals surface area contributed by atoms with Crippen LogP contribution in [0.4, 0.5) is 35.1 Å². The van der Waals surface area contributed by atoms with Crippen molar-refractivity contribution in [1.82, 2.24) is 0 Å². The highest BCUT2D eigenvalue weighted by molar-refractivity contribution is 7.97. The first-order chi connectivity index (χ1) is 36.0. The van der Waals surface area contributed by atoms with Gasteiger partial charge in [-0.15, -0.1) is 0 Å². The number of carbonyl (C=O) groups is 2. The van der Waals surface area contributed by atoms with Crippen LogP contribution < -0.4 is 0 Å². The summed E-state index contributed by atoms with van der Waals surface area (Å²) in [5, 5.41) is 4.75. The van der Waals surface area contributed by atoms with Gasteiger partial charge in [0.1, 0.15) is 23.0 Å². The molecule has 10 fully saturated rings. The Bertz CT molecular complexity index is 2360. The maximum atomic E-state index is 13.4. The lowest BCUT2D eigenvalue weighted by Crippen LogP contribution is -2.58. The van der Waals surface area contributed by atoms with Crippen LogP contribution in [0.15, 0.2) is 58.3 Å². The lowest BCUT2D eigenvalue weighted by atomic mass is 9.48. The molecule has 2 heterocycles. The highest BCUT2D eigenvalue weighted by Gasteiger charge is 2.63. The third kappa shape index (κ3) is 14.8. The van der Waals surface area contributed by atoms with Crippen LogP contribution in [-0.2, 0) is 61.8 Å². The van der Waals surface area contributed by atoms with Crippen LogP contribution in [0.2, 0.25) is 0 Å². The van der Waals surface area contributed by atoms with E-state index in [0.29, 0.717) is 65.2 Å². The van der Waals surface area contributed by atoms with Crippen LogP contribution in [0.1, 0.15) is 175 Å². The molecule has 440 valence electrons. The van der Waals surface area contributed by atoms with Crippen LogP contribution in [0.25, 0.3) is 0 Å². The summed E-state index contributed by atoms with van der Waals surface area (Å²) in [6.45, 7) is 12.1. The summed E-state index contributed by atoms with van der Waals surface area (Å²) in [5.41, 5.74) is 0.953. The lowest BCUT2D eigenvalue weighted by Gasteiger charge is -2.58. The minimum Gasteiger partial charge on any atom is -0.743 e. The van der Waals surface area contributed by atoms with Crippen molar-refractivity contribution in [3.63, 3.8) is 0 Å². The summed E-state index contributed by atoms with van der Waals surface area (Å²) in [4.78, 5) is 28.0. The van der Waals surface area contributed by atoms with E-state index in [1.807, 2.05) is 0 Å². The Morgan fingerprint density at radius 2 is 0.885 bits per heavy atom. The highest BCUT2D eigenvalue weighted by Crippen LogP contribution is 2.63. The summed E-state index contributed by atoms with van der Waals surface area (Å²) >= 11 is 0. The number of rotatable bonds is 13. The van der Waals surface area contributed by atoms with E-state index < -0.39 is 87.6 Å². The first kappa shape index (κ1) is 63.0. The van der Waals surface area contributed by atoms with Gasteiger partial charge in [-0.2, -0.15) is 26.3 Å². The third-order valence-electron chi connectivity index (χ3n) is 17.8. The first-order valence-electron chi connectivity index (χ1n) is 28.1. The van der Waals surface area contributed by atoms with Crippen molar-refractivity contribution in [2.24, 2.45) is 40.4 Å². The standard InChI is InChI=1S/C16H22F4O2.C15H20F4O6S.2C14H21S/c1-14(17,18)16(19,20)2-3-22-13(21)15-7-10-4-11(8-15)6-12(5-10)9-15;16-14(17,15(18,19)26(22,23)24)1-2-25-11(20)12-4-9-3-10(5-12)7-13(21,6-9)8-12;2*1-14(2,3)12-6-8-13(9-7-12)15-10-4-5-11-15/h10-12H,2-9H2,1H3;9-10,21H,1-8H2,(H,22,23,24);2*6-9H,4-5,10-11H2,1-3H3/q;;2*+1/p-1. The molecule has 8 aliphatic carbocycles. The number of ether oxygens (including phenoxy) is 2. The third-order valence-corrected chi connectivity index (χ3v) is 23.7. The fraction of sp³-hybridized carbons (Fsp3) is 0.763. The molecule has 2 aromatic carbocycles. The van der Waals surface area contributed by atoms with Crippen molar-refractivity contribution in [3.05, 3.63) is 59.7 Å². The van der Waals surface area contributed by atoms with Crippen molar-refractivity contribution >= 4 is 43.8 Å². The maximum absolute atomic E-state index is 13.4. The molecule has 78 heavy (non-hydrogen) atoms. The topological polar surface area (TPSA) is 130 Å². The summed E-state index contributed by atoms with van der Waals surface area (Å²) in [5.74, 6) is -7.09. The number of hydrogen-bond donors (Lipinski definition) is 1. The minimum atomic E-state index is -6.56. The molecule has 8 nitrogen and oxygen atoms in total. The van der Waals surface area contributed by atoms with Crippen LogP contribution in [0.3, 0.4) is 0 Å². The van der Waals surface area contributed by atoms with Crippen LogP contribution in [0.5, 0.6) is 0 Å². The van der Waals surface area contributed by atoms with Gasteiger partial charge in [0.05, 0.1) is 42.5 Å². The van der Waals surface area contributed by atoms with Crippen LogP contribution in [0, 0.1) is 40.4 Å². The van der Waals surface area contributed by atoms with Crippen molar-refractivity contribution in [2.75, 3.05) is 36.2 Å². The number of benzene rings is 2. The molecule has 8 bridgehead atoms. The molecule has 0 spiro atoms. The molecular formula is C59H83F8O8S3+. The zero-order chi connectivity index (χ0) is 57.5. The van der Waals surface area contributed by atoms with Gasteiger partial charge < -0.3 is 19.1 Å². The van der Waals surface area contributed by atoms with Crippen molar-refractivity contribution < 1.29 is 72.3 Å². The second-order valence-electron chi connectivity index (χ2n) is 26.5. The van der Waals surface area contributed by atoms with Gasteiger partial charge >= 0.3 is 35.0 Å². The SMILES string of the molecule is CC(C)(C)c1ccc([S+]2CCCC2)cc1.CC(C)(C)c1ccc([S+]2CCCC2)cc1.CC(F)(F)C(F)(F)CCOC(=O)C12CC3CC(CC(C3)C1)C2.O=C(OCCC(F)(F)C(F)(F)S(=O)(=O)[O-])C12CC3CC(CC(O)(C3)C1)C2. The number of esters is 2. The smallest absolute Gasteiger partial charge is 0.396 e. The second kappa shape index (κ2) is 23.6. The zero-order valence-corrected chi connectivity index (χ0v) is 49.0. The van der Waals surface area contributed by atoms with Gasteiger partial charge in [0.2, 0.25) is 0 Å². The van der Waals surface area contributed by atoms with Gasteiger partial charge in [-0.3, -0.25) is 9.59 Å². The molecule has 2 aliphatic heterocycles. The Morgan fingerprint density at radius 3 is 1.22 bits per heavy atom. The van der Waals surface area contributed by atoms with Gasteiger partial charge in [0.25, 0.3) is 0 Å². The fourth-order valence-electron chi connectivity index (χ4n) is 14.3. The van der Waals surface area contributed by atoms with E-state index in [0.717, 1.165) is 44.9 Å². The average Bonchev–Trinajstić information content (AvgIpc) is 4.11. The Balaban J connectivity index is 0.000000155. The second-order valence-corrected chi connectivity index (χ2v) is 32.4. The van der Waals surface area contributed by atoms with E-state index in [4.69, 9.17) is 9.47 Å². The molecule has 0 aromatic heterocycles. The van der Waals surface area contributed by atoms with Gasteiger partial charge in [0.15, 0.2) is 19.9 Å². The van der Waals surface area contributed by atoms with Crippen molar-refractivity contribution in [1.29, 1.82) is 0 Å². The fourth-order valence-corrected chi connectivity index (χ4v) is 19.4. The molecular weight excluding hydrogens is 1080 g/mol. The summed E-state index contributed by atoms with van der Waals surface area (Å²) < 4.78 is 146. The predicted molar refractivity (Wildman–Crippen MR) is 288 cm³/mol. The molecule has 1 N–H and O–H groups in total. The molecule has 8 saturated carbocycles. The summed E-state index contributed by atoms with van der Waals surface area (Å²) in [6, 6.07) is 18.7. The molecule has 2 atom stereocenters. The average molecular weight is 1170 g/mol. The molecule has 2 saturated heterocycles. The van der Waals surface area contributed by atoms with Gasteiger partial charge in [-0.25, -0.2) is 17.2 Å². The largest absolute Gasteiger partial charge is 0.743 e. The summed E-state index contributed by atoms with van der Waals surface area (Å²) in [7, 11) is -5.41. The Morgan fingerprint density at radius 1 is 0.551 bits per heavy atom. The number of halogens is 8. The van der Waals surface area contributed by atoms with E-state index in [1.165, 1.54) is 59.8 Å². The normalized spacial score (nSPS) is 29.9. The Hall–Kier alpha value is -2.61. The molecule has 0 radical (unpaired) electrons. The monoisotopic (exact) mass is 1170 g/mol. The van der Waals surface area contributed by atoms with Crippen molar-refractivity contribution in [2.45, 2.75) is 213 Å². The van der Waals surface area contributed by atoms with Gasteiger partial charge in [0, 0.05) is 28.7 Å². The van der Waals surface area contributed by atoms with E-state index in [-0.39, 0.29) is 36.0 Å². The number of hydrogen-bond acceptors (Lipinski definition) is 8.